The molecule has 0 saturated carbocycles. The lowest BCUT2D eigenvalue weighted by Gasteiger charge is -2.38. The molecule has 1 amide bonds. The van der Waals surface area contributed by atoms with E-state index in [4.69, 9.17) is 10.5 Å². The van der Waals surface area contributed by atoms with Gasteiger partial charge in [-0.25, -0.2) is 0 Å². The van der Waals surface area contributed by atoms with Gasteiger partial charge in [0.15, 0.2) is 0 Å². The highest BCUT2D eigenvalue weighted by molar-refractivity contribution is 5.79. The fraction of sp³-hybridized carbons (Fsp3) is 0.917. The summed E-state index contributed by atoms with van der Waals surface area (Å²) in [6.07, 6.45) is 1.64. The summed E-state index contributed by atoms with van der Waals surface area (Å²) in [6.45, 7) is 7.95. The van der Waals surface area contributed by atoms with E-state index >= 15 is 0 Å². The summed E-state index contributed by atoms with van der Waals surface area (Å²) in [6, 6.07) is 0. The maximum atomic E-state index is 12.0. The van der Waals surface area contributed by atoms with Crippen molar-refractivity contribution in [1.82, 2.24) is 5.32 Å². The van der Waals surface area contributed by atoms with Gasteiger partial charge >= 0.3 is 0 Å². The normalized spacial score (nSPS) is 21.8. The number of rotatable bonds is 4. The van der Waals surface area contributed by atoms with Crippen LogP contribution in [0.5, 0.6) is 0 Å². The fourth-order valence-corrected chi connectivity index (χ4v) is 1.82. The van der Waals surface area contributed by atoms with Crippen molar-refractivity contribution >= 4 is 5.91 Å². The molecule has 1 rings (SSSR count). The predicted molar refractivity (Wildman–Crippen MR) is 64.0 cm³/mol. The molecule has 0 radical (unpaired) electrons. The highest BCUT2D eigenvalue weighted by Gasteiger charge is 2.34. The van der Waals surface area contributed by atoms with Gasteiger partial charge < -0.3 is 15.8 Å². The van der Waals surface area contributed by atoms with E-state index < -0.39 is 0 Å². The van der Waals surface area contributed by atoms with Crippen LogP contribution in [0.4, 0.5) is 0 Å². The molecule has 1 saturated heterocycles. The van der Waals surface area contributed by atoms with Gasteiger partial charge in [0.1, 0.15) is 0 Å². The second kappa shape index (κ2) is 5.64. The van der Waals surface area contributed by atoms with Crippen molar-refractivity contribution in [1.29, 1.82) is 0 Å². The first-order valence-electron chi connectivity index (χ1n) is 6.10. The summed E-state index contributed by atoms with van der Waals surface area (Å²) in [7, 11) is 0. The van der Waals surface area contributed by atoms with Gasteiger partial charge in [-0.15, -0.1) is 0 Å². The van der Waals surface area contributed by atoms with Gasteiger partial charge in [-0.1, -0.05) is 20.8 Å². The van der Waals surface area contributed by atoms with Crippen molar-refractivity contribution in [3.05, 3.63) is 0 Å². The summed E-state index contributed by atoms with van der Waals surface area (Å²) >= 11 is 0. The molecule has 1 fully saturated rings. The Labute approximate surface area is 97.9 Å². The van der Waals surface area contributed by atoms with Crippen LogP contribution in [0.25, 0.3) is 0 Å². The number of ether oxygens (including phenoxy) is 1. The van der Waals surface area contributed by atoms with Crippen molar-refractivity contribution in [2.45, 2.75) is 39.2 Å². The third-order valence-electron chi connectivity index (χ3n) is 3.64. The molecule has 1 atom stereocenters. The van der Waals surface area contributed by atoms with Gasteiger partial charge in [0.25, 0.3) is 0 Å². The maximum absolute atomic E-state index is 12.0. The summed E-state index contributed by atoms with van der Waals surface area (Å²) in [5, 5.41) is 3.12. The molecule has 94 valence electrons. The summed E-state index contributed by atoms with van der Waals surface area (Å²) in [5.41, 5.74) is 5.55. The first-order chi connectivity index (χ1) is 7.51. The van der Waals surface area contributed by atoms with E-state index in [9.17, 15) is 4.79 Å². The van der Waals surface area contributed by atoms with E-state index in [1.54, 1.807) is 0 Å². The maximum Gasteiger partial charge on any atom is 0.223 e. The minimum atomic E-state index is -0.238. The average Bonchev–Trinajstić information content (AvgIpc) is 2.29. The third-order valence-corrected chi connectivity index (χ3v) is 3.64. The Balaban J connectivity index is 2.58. The summed E-state index contributed by atoms with van der Waals surface area (Å²) < 4.78 is 5.31. The van der Waals surface area contributed by atoms with Crippen LogP contribution >= 0.6 is 0 Å². The van der Waals surface area contributed by atoms with Gasteiger partial charge in [0, 0.05) is 25.7 Å². The van der Waals surface area contributed by atoms with E-state index in [0.717, 1.165) is 12.8 Å². The van der Waals surface area contributed by atoms with Gasteiger partial charge in [-0.2, -0.15) is 0 Å². The number of amides is 1. The lowest BCUT2D eigenvalue weighted by molar-refractivity contribution is -0.128. The largest absolute Gasteiger partial charge is 0.381 e. The number of nitrogens with two attached hydrogens (primary N) is 1. The van der Waals surface area contributed by atoms with Crippen LogP contribution in [0.15, 0.2) is 0 Å². The van der Waals surface area contributed by atoms with E-state index in [0.29, 0.717) is 25.7 Å². The molecule has 1 heterocycles. The molecule has 0 aliphatic carbocycles. The number of hydrogen-bond acceptors (Lipinski definition) is 3. The zero-order valence-corrected chi connectivity index (χ0v) is 10.6. The number of hydrogen-bond donors (Lipinski definition) is 2. The number of nitrogens with one attached hydrogen (secondary N) is 1. The summed E-state index contributed by atoms with van der Waals surface area (Å²) in [4.78, 5) is 12.0. The smallest absolute Gasteiger partial charge is 0.223 e. The van der Waals surface area contributed by atoms with Crippen molar-refractivity contribution in [3.8, 4) is 0 Å². The molecule has 0 spiro atoms. The summed E-state index contributed by atoms with van der Waals surface area (Å²) in [5.74, 6) is 0.503. The van der Waals surface area contributed by atoms with Crippen LogP contribution in [0.1, 0.15) is 33.6 Å². The van der Waals surface area contributed by atoms with Crippen molar-refractivity contribution < 1.29 is 9.53 Å². The number of carbonyl (C=O) groups excluding carboxylic acids is 1. The first-order valence-corrected chi connectivity index (χ1v) is 6.10. The Morgan fingerprint density at radius 3 is 2.38 bits per heavy atom. The zero-order chi connectivity index (χ0) is 12.2. The van der Waals surface area contributed by atoms with Crippen molar-refractivity contribution in [3.63, 3.8) is 0 Å². The average molecular weight is 228 g/mol. The molecule has 3 N–H and O–H groups in total. The monoisotopic (exact) mass is 228 g/mol. The standard InChI is InChI=1S/C12H24N2O2/c1-9(2)10(3)11(15)14-12(8-13)4-6-16-7-5-12/h9-10H,4-8,13H2,1-3H3,(H,14,15). The highest BCUT2D eigenvalue weighted by Crippen LogP contribution is 2.21. The molecule has 16 heavy (non-hydrogen) atoms. The second-order valence-electron chi connectivity index (χ2n) is 5.12. The molecule has 4 heteroatoms. The van der Waals surface area contributed by atoms with Crippen LogP contribution in [0.2, 0.25) is 0 Å². The van der Waals surface area contributed by atoms with E-state index in [1.165, 1.54) is 0 Å². The van der Waals surface area contributed by atoms with E-state index in [1.807, 2.05) is 6.92 Å². The van der Waals surface area contributed by atoms with Gasteiger partial charge in [-0.3, -0.25) is 4.79 Å². The van der Waals surface area contributed by atoms with Crippen LogP contribution in [-0.4, -0.2) is 31.2 Å². The second-order valence-corrected chi connectivity index (χ2v) is 5.12. The Hall–Kier alpha value is -0.610. The Bertz CT molecular complexity index is 235. The third kappa shape index (κ3) is 3.19. The molecule has 0 aromatic rings. The number of carbonyl (C=O) groups is 1. The predicted octanol–water partition coefficient (Wildman–Crippen LogP) is 0.903. The van der Waals surface area contributed by atoms with Crippen LogP contribution in [0, 0.1) is 11.8 Å². The molecule has 4 nitrogen and oxygen atoms in total. The minimum Gasteiger partial charge on any atom is -0.381 e. The van der Waals surface area contributed by atoms with E-state index in [2.05, 4.69) is 19.2 Å². The molecule has 1 aliphatic rings. The van der Waals surface area contributed by atoms with Crippen LogP contribution in [0.3, 0.4) is 0 Å². The highest BCUT2D eigenvalue weighted by atomic mass is 16.5. The molecular formula is C12H24N2O2. The first kappa shape index (κ1) is 13.5. The van der Waals surface area contributed by atoms with Crippen LogP contribution < -0.4 is 11.1 Å². The van der Waals surface area contributed by atoms with Crippen molar-refractivity contribution in [2.75, 3.05) is 19.8 Å². The SMILES string of the molecule is CC(C)C(C)C(=O)NC1(CN)CCOCC1. The Morgan fingerprint density at radius 1 is 1.38 bits per heavy atom. The molecule has 1 unspecified atom stereocenters. The van der Waals surface area contributed by atoms with Gasteiger partial charge in [0.2, 0.25) is 5.91 Å². The minimum absolute atomic E-state index is 0.0336. The lowest BCUT2D eigenvalue weighted by atomic mass is 9.88. The fourth-order valence-electron chi connectivity index (χ4n) is 1.82. The molecular weight excluding hydrogens is 204 g/mol. The van der Waals surface area contributed by atoms with Gasteiger partial charge in [-0.05, 0) is 18.8 Å². The Morgan fingerprint density at radius 2 is 1.94 bits per heavy atom. The lowest BCUT2D eigenvalue weighted by Crippen LogP contribution is -2.58. The molecule has 0 bridgehead atoms. The molecule has 0 aromatic carbocycles. The van der Waals surface area contributed by atoms with E-state index in [-0.39, 0.29) is 17.4 Å². The Kier molecular flexibility index (Phi) is 4.74. The quantitative estimate of drug-likeness (QED) is 0.751. The van der Waals surface area contributed by atoms with Crippen LogP contribution in [-0.2, 0) is 9.53 Å². The van der Waals surface area contributed by atoms with Gasteiger partial charge in [0.05, 0.1) is 5.54 Å². The molecule has 0 aromatic heterocycles. The molecule has 1 aliphatic heterocycles. The van der Waals surface area contributed by atoms with Crippen molar-refractivity contribution in [2.24, 2.45) is 17.6 Å². The topological polar surface area (TPSA) is 64.4 Å². The zero-order valence-electron chi connectivity index (χ0n) is 10.6.